The zero-order valence-electron chi connectivity index (χ0n) is 12.5. The summed E-state index contributed by atoms with van der Waals surface area (Å²) >= 11 is 5.72. The number of hydrogen-bond acceptors (Lipinski definition) is 3. The van der Waals surface area contributed by atoms with Crippen molar-refractivity contribution in [2.24, 2.45) is 5.41 Å². The molecule has 1 atom stereocenters. The summed E-state index contributed by atoms with van der Waals surface area (Å²) in [6.07, 6.45) is 1.33. The number of benzene rings is 1. The zero-order chi connectivity index (χ0) is 15.3. The number of para-hydroxylation sites is 2. The molecule has 0 aromatic heterocycles. The standard InChI is InChI=1S/C16H22ClNO3/c1-16(2,8-5-9-17)11-18-15(19)14-10-20-12-6-3-4-7-13(12)21-14/h3-4,6-7,14H,5,8-11H2,1-2H3,(H,18,19). The van der Waals surface area contributed by atoms with Crippen LogP contribution >= 0.6 is 11.6 Å². The maximum atomic E-state index is 12.2. The first-order chi connectivity index (χ1) is 10.0. The van der Waals surface area contributed by atoms with Crippen LogP contribution in [0.5, 0.6) is 11.5 Å². The van der Waals surface area contributed by atoms with Crippen molar-refractivity contribution in [2.45, 2.75) is 32.8 Å². The Labute approximate surface area is 130 Å². The number of amides is 1. The van der Waals surface area contributed by atoms with E-state index in [0.29, 0.717) is 23.9 Å². The van der Waals surface area contributed by atoms with Gasteiger partial charge in [-0.15, -0.1) is 11.6 Å². The van der Waals surface area contributed by atoms with Crippen molar-refractivity contribution in [1.29, 1.82) is 0 Å². The van der Waals surface area contributed by atoms with Crippen molar-refractivity contribution in [2.75, 3.05) is 19.0 Å². The summed E-state index contributed by atoms with van der Waals surface area (Å²) in [6.45, 7) is 5.08. The summed E-state index contributed by atoms with van der Waals surface area (Å²) in [6, 6.07) is 7.37. The van der Waals surface area contributed by atoms with E-state index >= 15 is 0 Å². The molecule has 116 valence electrons. The molecule has 0 aliphatic carbocycles. The second-order valence-electron chi connectivity index (χ2n) is 6.04. The van der Waals surface area contributed by atoms with Crippen LogP contribution in [0.2, 0.25) is 0 Å². The summed E-state index contributed by atoms with van der Waals surface area (Å²) in [5.41, 5.74) is 0.0258. The summed E-state index contributed by atoms with van der Waals surface area (Å²) in [5.74, 6) is 1.81. The maximum absolute atomic E-state index is 12.2. The molecule has 5 heteroatoms. The van der Waals surface area contributed by atoms with E-state index in [1.54, 1.807) is 6.07 Å². The first kappa shape index (κ1) is 16.0. The lowest BCUT2D eigenvalue weighted by atomic mass is 9.88. The van der Waals surface area contributed by atoms with Crippen LogP contribution in [-0.4, -0.2) is 31.0 Å². The normalized spacial score (nSPS) is 17.4. The Morgan fingerprint density at radius 3 is 2.81 bits per heavy atom. The molecule has 1 aliphatic heterocycles. The van der Waals surface area contributed by atoms with Crippen LogP contribution in [-0.2, 0) is 4.79 Å². The Morgan fingerprint density at radius 1 is 1.38 bits per heavy atom. The highest BCUT2D eigenvalue weighted by atomic mass is 35.5. The predicted molar refractivity (Wildman–Crippen MR) is 83.1 cm³/mol. The number of nitrogens with one attached hydrogen (secondary N) is 1. The fourth-order valence-corrected chi connectivity index (χ4v) is 2.36. The highest BCUT2D eigenvalue weighted by Crippen LogP contribution is 2.31. The van der Waals surface area contributed by atoms with Crippen molar-refractivity contribution in [3.8, 4) is 11.5 Å². The fourth-order valence-electron chi connectivity index (χ4n) is 2.22. The quantitative estimate of drug-likeness (QED) is 0.822. The second kappa shape index (κ2) is 7.03. The first-order valence-corrected chi connectivity index (χ1v) is 7.77. The zero-order valence-corrected chi connectivity index (χ0v) is 13.3. The van der Waals surface area contributed by atoms with Gasteiger partial charge >= 0.3 is 0 Å². The Balaban J connectivity index is 1.85. The topological polar surface area (TPSA) is 47.6 Å². The molecule has 21 heavy (non-hydrogen) atoms. The molecule has 1 aromatic rings. The number of rotatable bonds is 6. The molecular weight excluding hydrogens is 290 g/mol. The Morgan fingerprint density at radius 2 is 2.10 bits per heavy atom. The minimum absolute atomic E-state index is 0.0258. The molecule has 0 saturated carbocycles. The highest BCUT2D eigenvalue weighted by molar-refractivity contribution is 6.17. The van der Waals surface area contributed by atoms with E-state index < -0.39 is 6.10 Å². The second-order valence-corrected chi connectivity index (χ2v) is 6.42. The minimum Gasteiger partial charge on any atom is -0.485 e. The maximum Gasteiger partial charge on any atom is 0.264 e. The van der Waals surface area contributed by atoms with E-state index in [1.807, 2.05) is 18.2 Å². The summed E-state index contributed by atoms with van der Waals surface area (Å²) in [5, 5.41) is 2.95. The number of alkyl halides is 1. The van der Waals surface area contributed by atoms with E-state index in [9.17, 15) is 4.79 Å². The van der Waals surface area contributed by atoms with Crippen molar-refractivity contribution in [3.63, 3.8) is 0 Å². The lowest BCUT2D eigenvalue weighted by molar-refractivity contribution is -0.130. The molecule has 1 heterocycles. The summed E-state index contributed by atoms with van der Waals surface area (Å²) in [7, 11) is 0. The fraction of sp³-hybridized carbons (Fsp3) is 0.562. The minimum atomic E-state index is -0.594. The number of fused-ring (bicyclic) bond motifs is 1. The number of carbonyl (C=O) groups excluding carboxylic acids is 1. The molecule has 0 bridgehead atoms. The summed E-state index contributed by atoms with van der Waals surface area (Å²) < 4.78 is 11.2. The number of carbonyl (C=O) groups is 1. The van der Waals surface area contributed by atoms with Crippen LogP contribution in [0.1, 0.15) is 26.7 Å². The van der Waals surface area contributed by atoms with Crippen LogP contribution in [0.25, 0.3) is 0 Å². The van der Waals surface area contributed by atoms with Gasteiger partial charge in [-0.25, -0.2) is 0 Å². The smallest absolute Gasteiger partial charge is 0.264 e. The molecule has 1 aromatic carbocycles. The molecule has 1 amide bonds. The number of ether oxygens (including phenoxy) is 2. The molecule has 4 nitrogen and oxygen atoms in total. The lowest BCUT2D eigenvalue weighted by Gasteiger charge is -2.28. The van der Waals surface area contributed by atoms with E-state index in [0.717, 1.165) is 12.8 Å². The van der Waals surface area contributed by atoms with Crippen LogP contribution in [0, 0.1) is 5.41 Å². The molecule has 2 rings (SSSR count). The molecule has 1 unspecified atom stereocenters. The van der Waals surface area contributed by atoms with Gasteiger partial charge in [0.05, 0.1) is 0 Å². The van der Waals surface area contributed by atoms with E-state index in [4.69, 9.17) is 21.1 Å². The molecule has 0 saturated heterocycles. The highest BCUT2D eigenvalue weighted by Gasteiger charge is 2.28. The van der Waals surface area contributed by atoms with E-state index in [1.165, 1.54) is 0 Å². The largest absolute Gasteiger partial charge is 0.485 e. The van der Waals surface area contributed by atoms with Gasteiger partial charge in [0, 0.05) is 12.4 Å². The molecule has 1 aliphatic rings. The van der Waals surface area contributed by atoms with Gasteiger partial charge in [-0.3, -0.25) is 4.79 Å². The third-order valence-electron chi connectivity index (χ3n) is 3.53. The van der Waals surface area contributed by atoms with Crippen molar-refractivity contribution < 1.29 is 14.3 Å². The van der Waals surface area contributed by atoms with Crippen molar-refractivity contribution in [3.05, 3.63) is 24.3 Å². The van der Waals surface area contributed by atoms with E-state index in [-0.39, 0.29) is 17.9 Å². The van der Waals surface area contributed by atoms with Gasteiger partial charge in [-0.1, -0.05) is 26.0 Å². The molecule has 0 fully saturated rings. The Bertz CT molecular complexity index is 490. The van der Waals surface area contributed by atoms with Crippen molar-refractivity contribution in [1.82, 2.24) is 5.32 Å². The van der Waals surface area contributed by atoms with Gasteiger partial charge in [-0.2, -0.15) is 0 Å². The molecular formula is C16H22ClNO3. The number of hydrogen-bond donors (Lipinski definition) is 1. The van der Waals surface area contributed by atoms with Crippen LogP contribution in [0.4, 0.5) is 0 Å². The third-order valence-corrected chi connectivity index (χ3v) is 3.80. The predicted octanol–water partition coefficient (Wildman–Crippen LogP) is 2.99. The molecule has 0 spiro atoms. The Hall–Kier alpha value is -1.42. The number of halogens is 1. The van der Waals surface area contributed by atoms with Crippen LogP contribution < -0.4 is 14.8 Å². The van der Waals surface area contributed by atoms with Gasteiger partial charge in [0.15, 0.2) is 11.5 Å². The van der Waals surface area contributed by atoms with Gasteiger partial charge in [-0.05, 0) is 30.4 Å². The van der Waals surface area contributed by atoms with Gasteiger partial charge in [0.25, 0.3) is 5.91 Å². The first-order valence-electron chi connectivity index (χ1n) is 7.24. The van der Waals surface area contributed by atoms with Crippen molar-refractivity contribution >= 4 is 17.5 Å². The average Bonchev–Trinajstić information content (AvgIpc) is 2.50. The molecule has 1 N–H and O–H groups in total. The van der Waals surface area contributed by atoms with Gasteiger partial charge in [0.2, 0.25) is 6.10 Å². The third kappa shape index (κ3) is 4.53. The van der Waals surface area contributed by atoms with Crippen LogP contribution in [0.15, 0.2) is 24.3 Å². The SMILES string of the molecule is CC(C)(CCCCl)CNC(=O)C1COc2ccccc2O1. The van der Waals surface area contributed by atoms with Crippen LogP contribution in [0.3, 0.4) is 0 Å². The monoisotopic (exact) mass is 311 g/mol. The lowest BCUT2D eigenvalue weighted by Crippen LogP contribution is -2.46. The molecule has 0 radical (unpaired) electrons. The van der Waals surface area contributed by atoms with Gasteiger partial charge in [0.1, 0.15) is 6.61 Å². The Kier molecular flexibility index (Phi) is 5.34. The van der Waals surface area contributed by atoms with E-state index in [2.05, 4.69) is 19.2 Å². The average molecular weight is 312 g/mol. The van der Waals surface area contributed by atoms with Gasteiger partial charge < -0.3 is 14.8 Å². The summed E-state index contributed by atoms with van der Waals surface area (Å²) in [4.78, 5) is 12.2.